The second kappa shape index (κ2) is 5.53. The summed E-state index contributed by atoms with van der Waals surface area (Å²) < 4.78 is 12.8. The highest BCUT2D eigenvalue weighted by Gasteiger charge is 1.96. The molecule has 0 saturated heterocycles. The summed E-state index contributed by atoms with van der Waals surface area (Å²) >= 11 is 0. The zero-order valence-corrected chi connectivity index (χ0v) is 7.94. The van der Waals surface area contributed by atoms with Crippen molar-refractivity contribution in [2.24, 2.45) is 5.11 Å². The summed E-state index contributed by atoms with van der Waals surface area (Å²) in [5.74, 6) is 5.13. The van der Waals surface area contributed by atoms with E-state index in [1.807, 2.05) is 0 Å². The largest absolute Gasteiger partial charge is 0.396 e. The first-order chi connectivity index (χ1) is 7.24. The fourth-order valence-electron chi connectivity index (χ4n) is 0.937. The third-order valence-electron chi connectivity index (χ3n) is 1.63. The third-order valence-corrected chi connectivity index (χ3v) is 1.63. The lowest BCUT2D eigenvalue weighted by Gasteiger charge is -1.95. The number of nitrogen functional groups attached to an aromatic ring is 1. The van der Waals surface area contributed by atoms with Crippen molar-refractivity contribution in [2.75, 3.05) is 12.3 Å². The lowest BCUT2D eigenvalue weighted by Crippen LogP contribution is -1.90. The van der Waals surface area contributed by atoms with Crippen LogP contribution in [0.25, 0.3) is 10.4 Å². The Kier molecular flexibility index (Phi) is 4.02. The molecule has 0 amide bonds. The zero-order chi connectivity index (χ0) is 11.1. The Labute approximate surface area is 86.5 Å². The van der Waals surface area contributed by atoms with Crippen LogP contribution in [0.1, 0.15) is 12.0 Å². The Morgan fingerprint density at radius 2 is 2.33 bits per heavy atom. The maximum absolute atomic E-state index is 12.8. The molecular weight excluding hydrogens is 195 g/mol. The molecule has 1 rings (SSSR count). The highest BCUT2D eigenvalue weighted by molar-refractivity contribution is 5.48. The number of rotatable bonds is 2. The fraction of sp³-hybridized carbons (Fsp3) is 0.200. The average molecular weight is 204 g/mol. The molecule has 0 aromatic heterocycles. The van der Waals surface area contributed by atoms with E-state index in [0.717, 1.165) is 0 Å². The van der Waals surface area contributed by atoms with Crippen LogP contribution in [-0.4, -0.2) is 6.54 Å². The molecule has 15 heavy (non-hydrogen) atoms. The van der Waals surface area contributed by atoms with Gasteiger partial charge < -0.3 is 5.73 Å². The van der Waals surface area contributed by atoms with Gasteiger partial charge in [0.1, 0.15) is 5.82 Å². The van der Waals surface area contributed by atoms with Crippen molar-refractivity contribution in [1.29, 1.82) is 0 Å². The van der Waals surface area contributed by atoms with Crippen LogP contribution in [0.5, 0.6) is 0 Å². The van der Waals surface area contributed by atoms with Crippen molar-refractivity contribution in [3.63, 3.8) is 0 Å². The highest BCUT2D eigenvalue weighted by atomic mass is 19.1. The van der Waals surface area contributed by atoms with E-state index < -0.39 is 5.82 Å². The predicted molar refractivity (Wildman–Crippen MR) is 56.3 cm³/mol. The average Bonchev–Trinajstić information content (AvgIpc) is 2.23. The third kappa shape index (κ3) is 3.59. The highest BCUT2D eigenvalue weighted by Crippen LogP contribution is 2.10. The van der Waals surface area contributed by atoms with Crippen LogP contribution < -0.4 is 5.73 Å². The number of nitrogens with two attached hydrogens (primary N) is 1. The summed E-state index contributed by atoms with van der Waals surface area (Å²) in [5, 5.41) is 3.33. The van der Waals surface area contributed by atoms with E-state index in [-0.39, 0.29) is 5.69 Å². The second-order valence-corrected chi connectivity index (χ2v) is 2.74. The molecule has 0 unspecified atom stereocenters. The Balaban J connectivity index is 2.64. The molecule has 0 bridgehead atoms. The molecule has 4 nitrogen and oxygen atoms in total. The van der Waals surface area contributed by atoms with Crippen molar-refractivity contribution in [2.45, 2.75) is 6.42 Å². The number of nitrogens with zero attached hydrogens (tertiary/aromatic N) is 3. The fourth-order valence-corrected chi connectivity index (χ4v) is 0.937. The molecule has 5 heteroatoms. The molecule has 0 heterocycles. The van der Waals surface area contributed by atoms with Gasteiger partial charge in [-0.2, -0.15) is 0 Å². The number of benzene rings is 1. The minimum absolute atomic E-state index is 0.0804. The van der Waals surface area contributed by atoms with Gasteiger partial charge in [-0.05, 0) is 23.7 Å². The number of hydrogen-bond acceptors (Lipinski definition) is 2. The topological polar surface area (TPSA) is 74.8 Å². The van der Waals surface area contributed by atoms with E-state index in [0.29, 0.717) is 18.5 Å². The van der Waals surface area contributed by atoms with Gasteiger partial charge >= 0.3 is 0 Å². The van der Waals surface area contributed by atoms with Crippen LogP contribution in [0.15, 0.2) is 23.3 Å². The predicted octanol–water partition coefficient (Wildman–Crippen LogP) is 2.46. The van der Waals surface area contributed by atoms with Crippen LogP contribution in [0.3, 0.4) is 0 Å². The van der Waals surface area contributed by atoms with Crippen molar-refractivity contribution in [3.05, 3.63) is 40.0 Å². The maximum atomic E-state index is 12.8. The first kappa shape index (κ1) is 10.9. The molecular formula is C10H9FN4. The van der Waals surface area contributed by atoms with Gasteiger partial charge in [-0.25, -0.2) is 4.39 Å². The number of anilines is 1. The normalized spacial score (nSPS) is 8.60. The van der Waals surface area contributed by atoms with Crippen LogP contribution >= 0.6 is 0 Å². The summed E-state index contributed by atoms with van der Waals surface area (Å²) in [6.45, 7) is 0.334. The van der Waals surface area contributed by atoms with Gasteiger partial charge in [0.25, 0.3) is 0 Å². The monoisotopic (exact) mass is 204 g/mol. The van der Waals surface area contributed by atoms with Gasteiger partial charge in [-0.1, -0.05) is 17.0 Å². The quantitative estimate of drug-likeness (QED) is 0.197. The number of azide groups is 1. The van der Waals surface area contributed by atoms with Gasteiger partial charge in [0, 0.05) is 23.4 Å². The summed E-state index contributed by atoms with van der Waals surface area (Å²) in [4.78, 5) is 2.59. The van der Waals surface area contributed by atoms with Crippen LogP contribution in [-0.2, 0) is 0 Å². The number of hydrogen-bond donors (Lipinski definition) is 1. The van der Waals surface area contributed by atoms with Crippen LogP contribution in [0, 0.1) is 17.7 Å². The molecule has 0 atom stereocenters. The Bertz CT molecular complexity index is 452. The van der Waals surface area contributed by atoms with Crippen LogP contribution in [0.4, 0.5) is 10.1 Å². The van der Waals surface area contributed by atoms with E-state index in [4.69, 9.17) is 11.3 Å². The second-order valence-electron chi connectivity index (χ2n) is 2.74. The van der Waals surface area contributed by atoms with Gasteiger partial charge in [0.2, 0.25) is 0 Å². The lowest BCUT2D eigenvalue weighted by atomic mass is 10.2. The summed E-state index contributed by atoms with van der Waals surface area (Å²) in [5.41, 5.74) is 14.1. The Morgan fingerprint density at radius 3 is 3.00 bits per heavy atom. The van der Waals surface area contributed by atoms with E-state index in [1.165, 1.54) is 12.1 Å². The molecule has 0 aliphatic rings. The summed E-state index contributed by atoms with van der Waals surface area (Å²) in [6.07, 6.45) is 0.474. The first-order valence-corrected chi connectivity index (χ1v) is 4.29. The molecule has 0 aliphatic heterocycles. The van der Waals surface area contributed by atoms with Gasteiger partial charge in [0.15, 0.2) is 0 Å². The van der Waals surface area contributed by atoms with Crippen molar-refractivity contribution in [1.82, 2.24) is 0 Å². The van der Waals surface area contributed by atoms with Gasteiger partial charge in [0.05, 0.1) is 5.69 Å². The lowest BCUT2D eigenvalue weighted by molar-refractivity contribution is 0.632. The van der Waals surface area contributed by atoms with Crippen LogP contribution in [0.2, 0.25) is 0 Å². The molecule has 76 valence electrons. The Morgan fingerprint density at radius 1 is 1.53 bits per heavy atom. The summed E-state index contributed by atoms with van der Waals surface area (Å²) in [7, 11) is 0. The SMILES string of the molecule is [N-]=[N+]=NCCC#Cc1ccc(F)c(N)c1. The molecule has 0 fully saturated rings. The Hall–Kier alpha value is -2.18. The molecule has 2 N–H and O–H groups in total. The van der Waals surface area contributed by atoms with E-state index in [2.05, 4.69) is 21.9 Å². The van der Waals surface area contributed by atoms with E-state index in [1.54, 1.807) is 6.07 Å². The van der Waals surface area contributed by atoms with E-state index in [9.17, 15) is 4.39 Å². The van der Waals surface area contributed by atoms with Crippen molar-refractivity contribution in [3.8, 4) is 11.8 Å². The number of halogens is 1. The van der Waals surface area contributed by atoms with E-state index >= 15 is 0 Å². The minimum atomic E-state index is -0.449. The van der Waals surface area contributed by atoms with Gasteiger partial charge in [-0.3, -0.25) is 0 Å². The maximum Gasteiger partial charge on any atom is 0.146 e. The molecule has 1 aromatic carbocycles. The van der Waals surface area contributed by atoms with Gasteiger partial charge in [-0.15, -0.1) is 0 Å². The summed E-state index contributed by atoms with van der Waals surface area (Å²) in [6, 6.07) is 4.29. The molecule has 1 aromatic rings. The standard InChI is InChI=1S/C10H9FN4/c11-9-5-4-8(7-10(9)12)3-1-2-6-14-15-13/h4-5,7H,2,6,12H2. The van der Waals surface area contributed by atoms with Crippen molar-refractivity contribution >= 4 is 5.69 Å². The molecule has 0 radical (unpaired) electrons. The molecule has 0 spiro atoms. The zero-order valence-electron chi connectivity index (χ0n) is 7.94. The first-order valence-electron chi connectivity index (χ1n) is 4.29. The molecule has 0 aliphatic carbocycles. The smallest absolute Gasteiger partial charge is 0.146 e. The minimum Gasteiger partial charge on any atom is -0.396 e. The van der Waals surface area contributed by atoms with Crippen molar-refractivity contribution < 1.29 is 4.39 Å². The molecule has 0 saturated carbocycles.